The summed E-state index contributed by atoms with van der Waals surface area (Å²) in [6.07, 6.45) is -1.71. The molecule has 1 aromatic heterocycles. The van der Waals surface area contributed by atoms with E-state index in [2.05, 4.69) is 15.0 Å². The van der Waals surface area contributed by atoms with Crippen LogP contribution in [0.5, 0.6) is 5.75 Å². The smallest absolute Gasteiger partial charge is 0.404 e. The molecule has 2 saturated heterocycles. The molecular weight excluding hydrogens is 518 g/mol. The quantitative estimate of drug-likeness (QED) is 0.318. The summed E-state index contributed by atoms with van der Waals surface area (Å²) in [4.78, 5) is 31.8. The standard InChI is InChI=1S/C28H25F4N3O4/c29-22-4-2-1-3-21(22)23-9-5-17(13-33-23)11-25(36)18-6-10-26(39-28(30,31)32)24(12-18)34-27(37)16-35-14-19-7-8-20(15-35)38-19/h1-6,9-10,12-13,19-20H,7-8,11,14-16H2,(H,34,37). The Balaban J connectivity index is 1.29. The second-order valence-corrected chi connectivity index (χ2v) is 9.59. The van der Waals surface area contributed by atoms with Gasteiger partial charge in [-0.2, -0.15) is 0 Å². The number of halogens is 4. The molecule has 0 radical (unpaired) electrons. The maximum Gasteiger partial charge on any atom is 0.573 e. The van der Waals surface area contributed by atoms with Gasteiger partial charge in [0.05, 0.1) is 30.1 Å². The molecule has 7 nitrogen and oxygen atoms in total. The Morgan fingerprint density at radius 2 is 1.79 bits per heavy atom. The molecule has 0 spiro atoms. The number of pyridine rings is 1. The van der Waals surface area contributed by atoms with Crippen molar-refractivity contribution in [3.8, 4) is 17.0 Å². The minimum atomic E-state index is -4.99. The number of amides is 1. The number of ketones is 1. The number of morpholine rings is 1. The second kappa shape index (κ2) is 11.1. The third-order valence-electron chi connectivity index (χ3n) is 6.63. The number of rotatable bonds is 8. The van der Waals surface area contributed by atoms with Gasteiger partial charge in [0.2, 0.25) is 5.91 Å². The van der Waals surface area contributed by atoms with E-state index in [0.717, 1.165) is 18.9 Å². The lowest BCUT2D eigenvalue weighted by Crippen LogP contribution is -2.45. The molecule has 5 rings (SSSR count). The predicted molar refractivity (Wildman–Crippen MR) is 134 cm³/mol. The Bertz CT molecular complexity index is 1350. The van der Waals surface area contributed by atoms with Gasteiger partial charge in [-0.05, 0) is 54.8 Å². The van der Waals surface area contributed by atoms with Crippen molar-refractivity contribution in [2.75, 3.05) is 25.0 Å². The Kier molecular flexibility index (Phi) is 7.62. The van der Waals surface area contributed by atoms with Gasteiger partial charge >= 0.3 is 6.36 Å². The van der Waals surface area contributed by atoms with Gasteiger partial charge in [-0.15, -0.1) is 13.2 Å². The third-order valence-corrected chi connectivity index (χ3v) is 6.63. The largest absolute Gasteiger partial charge is 0.573 e. The number of benzene rings is 2. The van der Waals surface area contributed by atoms with Gasteiger partial charge in [0, 0.05) is 36.8 Å². The molecule has 3 heterocycles. The van der Waals surface area contributed by atoms with Crippen LogP contribution in [0.1, 0.15) is 28.8 Å². The zero-order valence-electron chi connectivity index (χ0n) is 20.7. The third kappa shape index (κ3) is 6.79. The lowest BCUT2D eigenvalue weighted by Gasteiger charge is -2.31. The number of hydrogen-bond acceptors (Lipinski definition) is 6. The highest BCUT2D eigenvalue weighted by molar-refractivity contribution is 6.00. The number of fused-ring (bicyclic) bond motifs is 2. The number of anilines is 1. The summed E-state index contributed by atoms with van der Waals surface area (Å²) in [5.41, 5.74) is 1.08. The molecule has 204 valence electrons. The molecule has 2 fully saturated rings. The highest BCUT2D eigenvalue weighted by Gasteiger charge is 2.35. The summed E-state index contributed by atoms with van der Waals surface area (Å²) in [6, 6.07) is 12.8. The molecular formula is C28H25F4N3O4. The van der Waals surface area contributed by atoms with Crippen LogP contribution >= 0.6 is 0 Å². The first-order valence-corrected chi connectivity index (χ1v) is 12.4. The van der Waals surface area contributed by atoms with E-state index in [-0.39, 0.29) is 36.4 Å². The van der Waals surface area contributed by atoms with Crippen LogP contribution in [0.25, 0.3) is 11.3 Å². The average Bonchev–Trinajstić information content (AvgIpc) is 3.22. The molecule has 2 aromatic carbocycles. The van der Waals surface area contributed by atoms with Gasteiger partial charge in [0.1, 0.15) is 5.82 Å². The molecule has 2 bridgehead atoms. The van der Waals surface area contributed by atoms with Crippen molar-refractivity contribution in [1.29, 1.82) is 0 Å². The van der Waals surface area contributed by atoms with Crippen LogP contribution in [-0.4, -0.2) is 59.8 Å². The van der Waals surface area contributed by atoms with Gasteiger partial charge in [-0.25, -0.2) is 4.39 Å². The maximum absolute atomic E-state index is 14.0. The zero-order chi connectivity index (χ0) is 27.6. The highest BCUT2D eigenvalue weighted by atomic mass is 19.4. The van der Waals surface area contributed by atoms with Crippen molar-refractivity contribution >= 4 is 17.4 Å². The molecule has 0 saturated carbocycles. The number of nitrogens with zero attached hydrogens (tertiary/aromatic N) is 2. The number of aromatic nitrogens is 1. The Morgan fingerprint density at radius 3 is 2.46 bits per heavy atom. The number of Topliss-reactive ketones (excluding diaryl/α,β-unsaturated/α-hetero) is 1. The minimum absolute atomic E-state index is 0.0278. The number of nitrogens with one attached hydrogen (secondary N) is 1. The average molecular weight is 544 g/mol. The first-order chi connectivity index (χ1) is 18.6. The molecule has 1 N–H and O–H groups in total. The molecule has 2 aliphatic rings. The summed E-state index contributed by atoms with van der Waals surface area (Å²) in [6.45, 7) is 1.11. The van der Waals surface area contributed by atoms with Gasteiger partial charge in [-0.1, -0.05) is 18.2 Å². The fourth-order valence-electron chi connectivity index (χ4n) is 4.88. The molecule has 2 aliphatic heterocycles. The van der Waals surface area contributed by atoms with Crippen LogP contribution in [0.2, 0.25) is 0 Å². The predicted octanol–water partition coefficient (Wildman–Crippen LogP) is 5.01. The molecule has 2 atom stereocenters. The lowest BCUT2D eigenvalue weighted by atomic mass is 10.0. The van der Waals surface area contributed by atoms with Gasteiger partial charge in [0.25, 0.3) is 0 Å². The van der Waals surface area contributed by atoms with Gasteiger partial charge < -0.3 is 14.8 Å². The van der Waals surface area contributed by atoms with Crippen molar-refractivity contribution in [3.05, 3.63) is 77.7 Å². The summed E-state index contributed by atoms with van der Waals surface area (Å²) in [5.74, 6) is -1.98. The lowest BCUT2D eigenvalue weighted by molar-refractivity contribution is -0.274. The van der Waals surface area contributed by atoms with Crippen LogP contribution in [0.4, 0.5) is 23.2 Å². The summed E-state index contributed by atoms with van der Waals surface area (Å²) in [5, 5.41) is 2.47. The SMILES string of the molecule is O=C(CN1CC2CCC(C1)O2)Nc1cc(C(=O)Cc2ccc(-c3ccccc3F)nc2)ccc1OC(F)(F)F. The van der Waals surface area contributed by atoms with Crippen molar-refractivity contribution in [2.24, 2.45) is 0 Å². The Labute approximate surface area is 221 Å². The zero-order valence-corrected chi connectivity index (χ0v) is 20.7. The van der Waals surface area contributed by atoms with E-state index >= 15 is 0 Å². The highest BCUT2D eigenvalue weighted by Crippen LogP contribution is 2.32. The van der Waals surface area contributed by atoms with E-state index in [0.29, 0.717) is 29.9 Å². The molecule has 1 amide bonds. The number of hydrogen-bond donors (Lipinski definition) is 1. The van der Waals surface area contributed by atoms with Crippen molar-refractivity contribution < 1.29 is 36.6 Å². The first-order valence-electron chi connectivity index (χ1n) is 12.4. The number of likely N-dealkylation sites (tertiary alicyclic amines) is 1. The van der Waals surface area contributed by atoms with E-state index in [1.165, 1.54) is 24.4 Å². The first kappa shape index (κ1) is 26.8. The van der Waals surface area contributed by atoms with Crippen LogP contribution in [0.3, 0.4) is 0 Å². The molecule has 39 heavy (non-hydrogen) atoms. The monoisotopic (exact) mass is 543 g/mol. The van der Waals surface area contributed by atoms with Crippen LogP contribution in [0, 0.1) is 5.82 Å². The Hall–Kier alpha value is -3.83. The van der Waals surface area contributed by atoms with Crippen LogP contribution in [0.15, 0.2) is 60.8 Å². The summed E-state index contributed by atoms with van der Waals surface area (Å²) in [7, 11) is 0. The van der Waals surface area contributed by atoms with Crippen LogP contribution in [-0.2, 0) is 16.0 Å². The normalized spacial score (nSPS) is 19.1. The van der Waals surface area contributed by atoms with Crippen molar-refractivity contribution in [2.45, 2.75) is 37.8 Å². The van der Waals surface area contributed by atoms with Gasteiger partial charge in [0.15, 0.2) is 11.5 Å². The second-order valence-electron chi connectivity index (χ2n) is 9.59. The minimum Gasteiger partial charge on any atom is -0.404 e. The van der Waals surface area contributed by atoms with E-state index in [1.807, 2.05) is 4.90 Å². The van der Waals surface area contributed by atoms with Crippen molar-refractivity contribution in [1.82, 2.24) is 9.88 Å². The van der Waals surface area contributed by atoms with E-state index in [4.69, 9.17) is 4.74 Å². The van der Waals surface area contributed by atoms with E-state index < -0.39 is 29.6 Å². The van der Waals surface area contributed by atoms with Crippen LogP contribution < -0.4 is 10.1 Å². The molecule has 2 unspecified atom stereocenters. The maximum atomic E-state index is 14.0. The number of alkyl halides is 3. The fourth-order valence-corrected chi connectivity index (χ4v) is 4.88. The molecule has 3 aromatic rings. The van der Waals surface area contributed by atoms with E-state index in [1.54, 1.807) is 30.3 Å². The van der Waals surface area contributed by atoms with Gasteiger partial charge in [-0.3, -0.25) is 19.5 Å². The Morgan fingerprint density at radius 1 is 1.05 bits per heavy atom. The summed E-state index contributed by atoms with van der Waals surface area (Å²) >= 11 is 0. The topological polar surface area (TPSA) is 80.8 Å². The number of carbonyl (C=O) groups excluding carboxylic acids is 2. The number of carbonyl (C=O) groups is 2. The summed E-state index contributed by atoms with van der Waals surface area (Å²) < 4.78 is 62.9. The van der Waals surface area contributed by atoms with E-state index in [9.17, 15) is 27.2 Å². The molecule has 11 heteroatoms. The fraction of sp³-hybridized carbons (Fsp3) is 0.321. The van der Waals surface area contributed by atoms with Crippen molar-refractivity contribution in [3.63, 3.8) is 0 Å². The molecule has 0 aliphatic carbocycles. The number of ether oxygens (including phenoxy) is 2.